The van der Waals surface area contributed by atoms with Crippen molar-refractivity contribution in [2.45, 2.75) is 49.9 Å². The predicted octanol–water partition coefficient (Wildman–Crippen LogP) is 0.642. The summed E-state index contributed by atoms with van der Waals surface area (Å²) >= 11 is 0. The molecule has 2 N–H and O–H groups in total. The standard InChI is InChI=1S/C20H20F2N2O7/c21-20(22,8-25)9-30-11-5-12(6-11)31-10-1-2-13-14(7-10)19(29)24(18(13)28)15-3-4-16(26)23-17(15)27/h1-2,7,11-12,15,25H,3-6,8-9H2,(H,23,26,27). The number of alkyl halides is 2. The molecule has 1 aromatic carbocycles. The zero-order valence-corrected chi connectivity index (χ0v) is 16.3. The fraction of sp³-hybridized carbons (Fsp3) is 0.500. The van der Waals surface area contributed by atoms with Crippen molar-refractivity contribution in [1.29, 1.82) is 0 Å². The van der Waals surface area contributed by atoms with Crippen LogP contribution in [-0.4, -0.2) is 71.0 Å². The summed E-state index contributed by atoms with van der Waals surface area (Å²) in [4.78, 5) is 49.7. The highest BCUT2D eigenvalue weighted by Gasteiger charge is 2.45. The fourth-order valence-electron chi connectivity index (χ4n) is 3.75. The molecule has 3 aliphatic rings. The van der Waals surface area contributed by atoms with Crippen LogP contribution >= 0.6 is 0 Å². The Morgan fingerprint density at radius 1 is 1.10 bits per heavy atom. The molecule has 1 saturated heterocycles. The lowest BCUT2D eigenvalue weighted by Crippen LogP contribution is -2.54. The van der Waals surface area contributed by atoms with Crippen LogP contribution in [-0.2, 0) is 14.3 Å². The van der Waals surface area contributed by atoms with Crippen LogP contribution in [0.25, 0.3) is 0 Å². The minimum absolute atomic E-state index is 0.0350. The number of aliphatic hydroxyl groups is 1. The molecule has 1 unspecified atom stereocenters. The fourth-order valence-corrected chi connectivity index (χ4v) is 3.75. The first kappa shape index (κ1) is 21.3. The average molecular weight is 438 g/mol. The number of hydrogen-bond donors (Lipinski definition) is 2. The minimum Gasteiger partial charge on any atom is -0.490 e. The van der Waals surface area contributed by atoms with E-state index in [2.05, 4.69) is 5.32 Å². The van der Waals surface area contributed by atoms with E-state index < -0.39 is 54.9 Å². The Balaban J connectivity index is 1.37. The number of ether oxygens (including phenoxy) is 2. The predicted molar refractivity (Wildman–Crippen MR) is 98.5 cm³/mol. The van der Waals surface area contributed by atoms with Gasteiger partial charge in [0.25, 0.3) is 17.7 Å². The van der Waals surface area contributed by atoms with Crippen LogP contribution < -0.4 is 10.1 Å². The number of rotatable bonds is 7. The number of halogens is 2. The molecule has 1 saturated carbocycles. The highest BCUT2D eigenvalue weighted by Crippen LogP contribution is 2.33. The maximum Gasteiger partial charge on any atom is 0.293 e. The summed E-state index contributed by atoms with van der Waals surface area (Å²) in [5.74, 6) is -5.34. The van der Waals surface area contributed by atoms with Gasteiger partial charge in [-0.15, -0.1) is 0 Å². The molecule has 0 radical (unpaired) electrons. The first-order chi connectivity index (χ1) is 14.7. The summed E-state index contributed by atoms with van der Waals surface area (Å²) < 4.78 is 36.8. The van der Waals surface area contributed by atoms with Gasteiger partial charge in [-0.25, -0.2) is 8.78 Å². The van der Waals surface area contributed by atoms with Crippen molar-refractivity contribution in [1.82, 2.24) is 10.2 Å². The van der Waals surface area contributed by atoms with E-state index in [-0.39, 0.29) is 30.1 Å². The first-order valence-corrected chi connectivity index (χ1v) is 9.81. The number of fused-ring (bicyclic) bond motifs is 1. The Kier molecular flexibility index (Phi) is 5.48. The van der Waals surface area contributed by atoms with Crippen molar-refractivity contribution in [2.75, 3.05) is 13.2 Å². The normalized spacial score (nSPS) is 25.9. The molecule has 1 atom stereocenters. The van der Waals surface area contributed by atoms with Crippen molar-refractivity contribution in [3.8, 4) is 5.75 Å². The third-order valence-electron chi connectivity index (χ3n) is 5.53. The number of aliphatic hydroxyl groups excluding tert-OH is 1. The minimum atomic E-state index is -3.28. The second-order valence-corrected chi connectivity index (χ2v) is 7.81. The molecular weight excluding hydrogens is 418 g/mol. The smallest absolute Gasteiger partial charge is 0.293 e. The maximum atomic E-state index is 13.0. The number of amides is 4. The summed E-state index contributed by atoms with van der Waals surface area (Å²) in [7, 11) is 0. The molecule has 11 heteroatoms. The van der Waals surface area contributed by atoms with E-state index in [4.69, 9.17) is 14.6 Å². The molecule has 0 spiro atoms. The Hall–Kier alpha value is -2.92. The lowest BCUT2D eigenvalue weighted by atomic mass is 9.92. The van der Waals surface area contributed by atoms with E-state index in [0.29, 0.717) is 18.6 Å². The van der Waals surface area contributed by atoms with Crippen LogP contribution in [0.15, 0.2) is 18.2 Å². The molecule has 0 aromatic heterocycles. The summed E-state index contributed by atoms with van der Waals surface area (Å²) in [5.41, 5.74) is 0.241. The van der Waals surface area contributed by atoms with E-state index in [0.717, 1.165) is 4.90 Å². The van der Waals surface area contributed by atoms with Gasteiger partial charge < -0.3 is 14.6 Å². The van der Waals surface area contributed by atoms with Crippen LogP contribution in [0, 0.1) is 0 Å². The van der Waals surface area contributed by atoms with Crippen LogP contribution in [0.3, 0.4) is 0 Å². The second-order valence-electron chi connectivity index (χ2n) is 7.81. The van der Waals surface area contributed by atoms with Crippen molar-refractivity contribution in [3.63, 3.8) is 0 Å². The maximum absolute atomic E-state index is 13.0. The summed E-state index contributed by atoms with van der Waals surface area (Å²) in [6, 6.07) is 3.32. The molecule has 1 aliphatic carbocycles. The van der Waals surface area contributed by atoms with Crippen LogP contribution in [0.4, 0.5) is 8.78 Å². The van der Waals surface area contributed by atoms with E-state index in [9.17, 15) is 28.0 Å². The molecule has 4 rings (SSSR count). The summed E-state index contributed by atoms with van der Waals surface area (Å²) in [6.45, 7) is -2.15. The molecule has 4 amide bonds. The lowest BCUT2D eigenvalue weighted by molar-refractivity contribution is -0.150. The molecule has 1 aromatic rings. The van der Waals surface area contributed by atoms with Crippen molar-refractivity contribution < 1.29 is 42.5 Å². The van der Waals surface area contributed by atoms with Gasteiger partial charge in [0, 0.05) is 19.3 Å². The SMILES string of the molecule is O=C1CCC(N2C(=O)c3ccc(OC4CC(OCC(F)(F)CO)C4)cc3C2=O)C(=O)N1. The summed E-state index contributed by atoms with van der Waals surface area (Å²) in [6.07, 6.45) is 0.125. The van der Waals surface area contributed by atoms with Gasteiger partial charge in [-0.05, 0) is 24.6 Å². The molecule has 31 heavy (non-hydrogen) atoms. The Morgan fingerprint density at radius 2 is 1.81 bits per heavy atom. The van der Waals surface area contributed by atoms with Crippen LogP contribution in [0.2, 0.25) is 0 Å². The van der Waals surface area contributed by atoms with Gasteiger partial charge in [0.1, 0.15) is 31.1 Å². The number of benzene rings is 1. The first-order valence-electron chi connectivity index (χ1n) is 9.81. The quantitative estimate of drug-likeness (QED) is 0.599. The van der Waals surface area contributed by atoms with Crippen molar-refractivity contribution in [3.05, 3.63) is 29.3 Å². The third-order valence-corrected chi connectivity index (χ3v) is 5.53. The van der Waals surface area contributed by atoms with Gasteiger partial charge in [0.2, 0.25) is 11.8 Å². The second kappa shape index (κ2) is 7.97. The third kappa shape index (κ3) is 4.15. The molecule has 2 fully saturated rings. The van der Waals surface area contributed by atoms with E-state index in [1.54, 1.807) is 0 Å². The van der Waals surface area contributed by atoms with E-state index in [1.807, 2.05) is 0 Å². The number of nitrogens with one attached hydrogen (secondary N) is 1. The zero-order chi connectivity index (χ0) is 22.3. The number of piperidine rings is 1. The van der Waals surface area contributed by atoms with Gasteiger partial charge in [0.05, 0.1) is 17.2 Å². The molecular formula is C20H20F2N2O7. The average Bonchev–Trinajstić information content (AvgIpc) is 2.94. The van der Waals surface area contributed by atoms with Gasteiger partial charge in [0.15, 0.2) is 0 Å². The van der Waals surface area contributed by atoms with E-state index in [1.165, 1.54) is 18.2 Å². The lowest BCUT2D eigenvalue weighted by Gasteiger charge is -2.35. The molecule has 166 valence electrons. The largest absolute Gasteiger partial charge is 0.490 e. The van der Waals surface area contributed by atoms with Crippen molar-refractivity contribution in [2.24, 2.45) is 0 Å². The number of carbonyl (C=O) groups excluding carboxylic acids is 4. The molecule has 0 bridgehead atoms. The number of nitrogens with zero attached hydrogens (tertiary/aromatic N) is 1. The molecule has 2 heterocycles. The molecule has 9 nitrogen and oxygen atoms in total. The highest BCUT2D eigenvalue weighted by molar-refractivity contribution is 6.23. The number of carbonyl (C=O) groups is 4. The Labute approximate surface area is 175 Å². The van der Waals surface area contributed by atoms with Crippen LogP contribution in [0.5, 0.6) is 5.75 Å². The highest BCUT2D eigenvalue weighted by atomic mass is 19.3. The zero-order valence-electron chi connectivity index (χ0n) is 16.3. The van der Waals surface area contributed by atoms with Crippen LogP contribution in [0.1, 0.15) is 46.4 Å². The van der Waals surface area contributed by atoms with Gasteiger partial charge in [-0.1, -0.05) is 0 Å². The van der Waals surface area contributed by atoms with E-state index >= 15 is 0 Å². The van der Waals surface area contributed by atoms with Crippen molar-refractivity contribution >= 4 is 23.6 Å². The number of imide groups is 2. The monoisotopic (exact) mass is 438 g/mol. The van der Waals surface area contributed by atoms with Gasteiger partial charge in [-0.3, -0.25) is 29.4 Å². The van der Waals surface area contributed by atoms with Gasteiger partial charge >= 0.3 is 0 Å². The number of hydrogen-bond acceptors (Lipinski definition) is 7. The topological polar surface area (TPSA) is 122 Å². The Bertz CT molecular complexity index is 945. The Morgan fingerprint density at radius 3 is 2.48 bits per heavy atom. The van der Waals surface area contributed by atoms with Gasteiger partial charge in [-0.2, -0.15) is 0 Å². The summed E-state index contributed by atoms with van der Waals surface area (Å²) in [5, 5.41) is 10.7. The molecule has 2 aliphatic heterocycles.